The molecule has 27 heavy (non-hydrogen) atoms. The molecule has 0 atom stereocenters. The molecule has 8 heteroatoms. The molecule has 2 N–H and O–H groups in total. The second-order valence-electron chi connectivity index (χ2n) is 5.91. The van der Waals surface area contributed by atoms with Crippen LogP contribution in [0.4, 0.5) is 11.5 Å². The van der Waals surface area contributed by atoms with E-state index in [0.717, 1.165) is 6.42 Å². The van der Waals surface area contributed by atoms with Gasteiger partial charge in [0, 0.05) is 32.3 Å². The zero-order valence-corrected chi connectivity index (χ0v) is 16.5. The predicted octanol–water partition coefficient (Wildman–Crippen LogP) is 2.63. The molecule has 0 aliphatic carbocycles. The molecule has 0 fully saturated rings. The molecule has 2 aromatic rings. The summed E-state index contributed by atoms with van der Waals surface area (Å²) in [5.74, 6) is 0.505. The van der Waals surface area contributed by atoms with E-state index < -0.39 is 10.0 Å². The van der Waals surface area contributed by atoms with Crippen LogP contribution in [0.15, 0.2) is 53.6 Å². The van der Waals surface area contributed by atoms with Crippen molar-refractivity contribution in [2.45, 2.75) is 31.6 Å². The number of carbonyl (C=O) groups excluding carboxylic acids is 1. The molecule has 1 aromatic heterocycles. The highest BCUT2D eigenvalue weighted by molar-refractivity contribution is 7.92. The van der Waals surface area contributed by atoms with Gasteiger partial charge in [-0.15, -0.1) is 0 Å². The first-order valence-electron chi connectivity index (χ1n) is 9.03. The first-order valence-corrected chi connectivity index (χ1v) is 10.5. The summed E-state index contributed by atoms with van der Waals surface area (Å²) in [6.45, 7) is 5.20. The van der Waals surface area contributed by atoms with Gasteiger partial charge in [-0.3, -0.25) is 9.10 Å². The van der Waals surface area contributed by atoms with Crippen LogP contribution in [-0.2, 0) is 14.8 Å². The molecule has 0 bridgehead atoms. The van der Waals surface area contributed by atoms with Crippen molar-refractivity contribution in [1.82, 2.24) is 10.3 Å². The fourth-order valence-corrected chi connectivity index (χ4v) is 3.93. The summed E-state index contributed by atoms with van der Waals surface area (Å²) < 4.78 is 27.1. The lowest BCUT2D eigenvalue weighted by molar-refractivity contribution is -0.120. The summed E-state index contributed by atoms with van der Waals surface area (Å²) in [4.78, 5) is 15.9. The van der Waals surface area contributed by atoms with E-state index in [0.29, 0.717) is 37.6 Å². The highest BCUT2D eigenvalue weighted by atomic mass is 32.2. The number of benzene rings is 1. The van der Waals surface area contributed by atoms with Gasteiger partial charge in [0.1, 0.15) is 10.7 Å². The van der Waals surface area contributed by atoms with Gasteiger partial charge in [-0.1, -0.05) is 25.1 Å². The van der Waals surface area contributed by atoms with Crippen LogP contribution < -0.4 is 14.9 Å². The van der Waals surface area contributed by atoms with Crippen molar-refractivity contribution in [2.24, 2.45) is 0 Å². The Morgan fingerprint density at radius 1 is 1.07 bits per heavy atom. The fourth-order valence-electron chi connectivity index (χ4n) is 2.51. The second kappa shape index (κ2) is 9.91. The molecular weight excluding hydrogens is 364 g/mol. The lowest BCUT2D eigenvalue weighted by Crippen LogP contribution is -2.30. The largest absolute Gasteiger partial charge is 0.370 e. The van der Waals surface area contributed by atoms with E-state index in [-0.39, 0.29) is 10.8 Å². The van der Waals surface area contributed by atoms with Crippen LogP contribution in [0, 0.1) is 0 Å². The molecule has 1 amide bonds. The van der Waals surface area contributed by atoms with Gasteiger partial charge in [-0.25, -0.2) is 13.4 Å². The van der Waals surface area contributed by atoms with Crippen molar-refractivity contribution >= 4 is 27.4 Å². The molecule has 0 aliphatic rings. The zero-order chi connectivity index (χ0) is 19.7. The van der Waals surface area contributed by atoms with Crippen molar-refractivity contribution in [3.63, 3.8) is 0 Å². The Bertz CT molecular complexity index is 824. The highest BCUT2D eigenvalue weighted by Gasteiger charge is 2.23. The van der Waals surface area contributed by atoms with Crippen molar-refractivity contribution in [3.05, 3.63) is 48.7 Å². The van der Waals surface area contributed by atoms with Crippen molar-refractivity contribution < 1.29 is 13.2 Å². The van der Waals surface area contributed by atoms with E-state index in [1.165, 1.54) is 16.6 Å². The molecule has 7 nitrogen and oxygen atoms in total. The van der Waals surface area contributed by atoms with Crippen molar-refractivity contribution in [1.29, 1.82) is 0 Å². The van der Waals surface area contributed by atoms with E-state index in [1.807, 2.05) is 13.0 Å². The maximum Gasteiger partial charge on any atom is 0.265 e. The smallest absolute Gasteiger partial charge is 0.265 e. The van der Waals surface area contributed by atoms with Gasteiger partial charge in [0.2, 0.25) is 5.91 Å². The maximum absolute atomic E-state index is 12.9. The van der Waals surface area contributed by atoms with Gasteiger partial charge in [-0.2, -0.15) is 0 Å². The van der Waals surface area contributed by atoms with E-state index in [9.17, 15) is 13.2 Å². The molecule has 1 aromatic carbocycles. The average molecular weight is 391 g/mol. The molecule has 146 valence electrons. The van der Waals surface area contributed by atoms with Crippen LogP contribution in [0.25, 0.3) is 0 Å². The van der Waals surface area contributed by atoms with Gasteiger partial charge in [0.05, 0.1) is 5.69 Å². The minimum atomic E-state index is -3.69. The Morgan fingerprint density at radius 3 is 2.41 bits per heavy atom. The molecule has 1 heterocycles. The normalized spacial score (nSPS) is 11.0. The molecule has 0 aliphatic heterocycles. The maximum atomic E-state index is 12.9. The topological polar surface area (TPSA) is 91.4 Å². The third kappa shape index (κ3) is 5.68. The first kappa shape index (κ1) is 20.7. The van der Waals surface area contributed by atoms with Gasteiger partial charge in [0.25, 0.3) is 10.0 Å². The van der Waals surface area contributed by atoms with Crippen LogP contribution >= 0.6 is 0 Å². The van der Waals surface area contributed by atoms with Crippen LogP contribution in [0.5, 0.6) is 0 Å². The number of pyridine rings is 1. The number of carbonyl (C=O) groups is 1. The molecule has 0 unspecified atom stereocenters. The number of anilines is 2. The average Bonchev–Trinajstić information content (AvgIpc) is 2.68. The number of nitrogens with one attached hydrogen (secondary N) is 2. The molecular formula is C19H26N4O3S. The summed E-state index contributed by atoms with van der Waals surface area (Å²) in [5.41, 5.74) is 0.611. The summed E-state index contributed by atoms with van der Waals surface area (Å²) in [6.07, 6.45) is 2.56. The standard InChI is InChI=1S/C19H26N4O3S/c1-3-13-21-19(24)12-14-20-18-11-10-17(15-22-18)27(25,26)23(4-2)16-8-6-5-7-9-16/h5-11,15H,3-4,12-14H2,1-2H3,(H,20,22)(H,21,24). The molecule has 0 saturated carbocycles. The minimum absolute atomic E-state index is 0.0232. The van der Waals surface area contributed by atoms with Crippen LogP contribution in [0.3, 0.4) is 0 Å². The van der Waals surface area contributed by atoms with Gasteiger partial charge in [-0.05, 0) is 37.6 Å². The fraction of sp³-hybridized carbons (Fsp3) is 0.368. The van der Waals surface area contributed by atoms with Crippen molar-refractivity contribution in [2.75, 3.05) is 29.3 Å². The van der Waals surface area contributed by atoms with E-state index in [4.69, 9.17) is 0 Å². The Labute approximate surface area is 160 Å². The predicted molar refractivity (Wildman–Crippen MR) is 107 cm³/mol. The number of aromatic nitrogens is 1. The Hall–Kier alpha value is -2.61. The summed E-state index contributed by atoms with van der Waals surface area (Å²) >= 11 is 0. The van der Waals surface area contributed by atoms with E-state index >= 15 is 0 Å². The molecule has 0 radical (unpaired) electrons. The molecule has 0 saturated heterocycles. The highest BCUT2D eigenvalue weighted by Crippen LogP contribution is 2.23. The number of amides is 1. The van der Waals surface area contributed by atoms with Gasteiger partial charge < -0.3 is 10.6 Å². The lowest BCUT2D eigenvalue weighted by Gasteiger charge is -2.22. The van der Waals surface area contributed by atoms with E-state index in [2.05, 4.69) is 15.6 Å². The number of rotatable bonds is 10. The Kier molecular flexibility index (Phi) is 7.60. The third-order valence-corrected chi connectivity index (χ3v) is 5.77. The molecule has 2 rings (SSSR count). The number of hydrogen-bond donors (Lipinski definition) is 2. The van der Waals surface area contributed by atoms with Gasteiger partial charge in [0.15, 0.2) is 0 Å². The number of sulfonamides is 1. The number of nitrogens with zero attached hydrogens (tertiary/aromatic N) is 2. The lowest BCUT2D eigenvalue weighted by atomic mass is 10.3. The number of hydrogen-bond acceptors (Lipinski definition) is 5. The Morgan fingerprint density at radius 2 is 1.81 bits per heavy atom. The second-order valence-corrected chi connectivity index (χ2v) is 7.77. The minimum Gasteiger partial charge on any atom is -0.370 e. The summed E-state index contributed by atoms with van der Waals surface area (Å²) in [7, 11) is -3.69. The zero-order valence-electron chi connectivity index (χ0n) is 15.7. The SMILES string of the molecule is CCCNC(=O)CCNc1ccc(S(=O)(=O)N(CC)c2ccccc2)cn1. The van der Waals surface area contributed by atoms with E-state index in [1.54, 1.807) is 37.3 Å². The Balaban J connectivity index is 2.02. The first-order chi connectivity index (χ1) is 13.0. The third-order valence-electron chi connectivity index (χ3n) is 3.89. The quantitative estimate of drug-likeness (QED) is 0.651. The molecule has 0 spiro atoms. The van der Waals surface area contributed by atoms with Crippen LogP contribution in [-0.4, -0.2) is 38.9 Å². The summed E-state index contributed by atoms with van der Waals surface area (Å²) in [6, 6.07) is 12.1. The van der Waals surface area contributed by atoms with Crippen LogP contribution in [0.1, 0.15) is 26.7 Å². The van der Waals surface area contributed by atoms with Crippen LogP contribution in [0.2, 0.25) is 0 Å². The summed E-state index contributed by atoms with van der Waals surface area (Å²) in [5, 5.41) is 5.82. The monoisotopic (exact) mass is 390 g/mol. The van der Waals surface area contributed by atoms with Crippen molar-refractivity contribution in [3.8, 4) is 0 Å². The number of para-hydroxylation sites is 1. The van der Waals surface area contributed by atoms with Gasteiger partial charge >= 0.3 is 0 Å².